The predicted molar refractivity (Wildman–Crippen MR) is 85.6 cm³/mol. The van der Waals surface area contributed by atoms with Crippen molar-refractivity contribution in [2.45, 2.75) is 12.3 Å². The van der Waals surface area contributed by atoms with Crippen LogP contribution in [-0.2, 0) is 0 Å². The molecule has 3 aromatic rings. The summed E-state index contributed by atoms with van der Waals surface area (Å²) in [7, 11) is 1.74. The Balaban J connectivity index is 1.64. The van der Waals surface area contributed by atoms with Crippen LogP contribution in [0.2, 0.25) is 0 Å². The Labute approximate surface area is 129 Å². The van der Waals surface area contributed by atoms with Crippen LogP contribution in [0, 0.1) is 0 Å². The smallest absolute Gasteiger partial charge is 0.154 e. The Bertz CT molecular complexity index is 798. The second-order valence-corrected chi connectivity index (χ2v) is 5.59. The first-order chi connectivity index (χ1) is 10.9. The first kappa shape index (κ1) is 13.1. The molecule has 0 spiro atoms. The predicted octanol–water partition coefficient (Wildman–Crippen LogP) is 2.73. The van der Waals surface area contributed by atoms with Crippen molar-refractivity contribution in [1.82, 2.24) is 14.6 Å². The molecule has 1 aliphatic heterocycles. The maximum Gasteiger partial charge on any atom is 0.154 e. The van der Waals surface area contributed by atoms with Crippen molar-refractivity contribution in [2.24, 2.45) is 0 Å². The van der Waals surface area contributed by atoms with Gasteiger partial charge in [-0.3, -0.25) is 0 Å². The molecule has 1 aliphatic rings. The van der Waals surface area contributed by atoms with Gasteiger partial charge in [0.05, 0.1) is 13.3 Å². The van der Waals surface area contributed by atoms with E-state index < -0.39 is 0 Å². The number of methoxy groups -OCH3 is 1. The second kappa shape index (κ2) is 5.33. The van der Waals surface area contributed by atoms with E-state index in [1.165, 1.54) is 5.56 Å². The minimum absolute atomic E-state index is 0.473. The number of hydrogen-bond donors (Lipinski definition) is 0. The van der Waals surface area contributed by atoms with Crippen molar-refractivity contribution in [2.75, 3.05) is 25.1 Å². The zero-order valence-corrected chi connectivity index (χ0v) is 12.5. The van der Waals surface area contributed by atoms with Crippen LogP contribution in [0.3, 0.4) is 0 Å². The summed E-state index contributed by atoms with van der Waals surface area (Å²) in [5, 5.41) is 4.29. The van der Waals surface area contributed by atoms with E-state index in [-0.39, 0.29) is 0 Å². The van der Waals surface area contributed by atoms with Crippen LogP contribution in [0.15, 0.2) is 48.9 Å². The van der Waals surface area contributed by atoms with E-state index in [1.807, 2.05) is 41.3 Å². The quantitative estimate of drug-likeness (QED) is 0.745. The lowest BCUT2D eigenvalue weighted by Gasteiger charge is -2.19. The fraction of sp³-hybridized carbons (Fsp3) is 0.294. The van der Waals surface area contributed by atoms with Crippen LogP contribution in [-0.4, -0.2) is 34.8 Å². The first-order valence-electron chi connectivity index (χ1n) is 7.53. The molecule has 1 saturated heterocycles. The Morgan fingerprint density at radius 3 is 3.00 bits per heavy atom. The molecule has 0 N–H and O–H groups in total. The molecule has 5 heteroatoms. The van der Waals surface area contributed by atoms with E-state index in [4.69, 9.17) is 4.74 Å². The minimum atomic E-state index is 0.473. The van der Waals surface area contributed by atoms with Gasteiger partial charge in [-0.2, -0.15) is 5.10 Å². The van der Waals surface area contributed by atoms with E-state index in [1.54, 1.807) is 7.11 Å². The van der Waals surface area contributed by atoms with E-state index >= 15 is 0 Å². The van der Waals surface area contributed by atoms with Crippen molar-refractivity contribution < 1.29 is 4.74 Å². The number of aromatic nitrogens is 3. The molecule has 0 saturated carbocycles. The summed E-state index contributed by atoms with van der Waals surface area (Å²) in [6.07, 6.45) is 6.61. The summed E-state index contributed by atoms with van der Waals surface area (Å²) >= 11 is 0. The van der Waals surface area contributed by atoms with E-state index in [2.05, 4.69) is 27.1 Å². The van der Waals surface area contributed by atoms with Crippen LogP contribution >= 0.6 is 0 Å². The summed E-state index contributed by atoms with van der Waals surface area (Å²) in [5.41, 5.74) is 2.34. The highest BCUT2D eigenvalue weighted by molar-refractivity contribution is 5.68. The van der Waals surface area contributed by atoms with Gasteiger partial charge in [0.25, 0.3) is 0 Å². The molecular formula is C17H18N4O. The molecule has 4 rings (SSSR count). The third-order valence-electron chi connectivity index (χ3n) is 4.37. The monoisotopic (exact) mass is 294 g/mol. The van der Waals surface area contributed by atoms with Gasteiger partial charge in [0.15, 0.2) is 5.82 Å². The van der Waals surface area contributed by atoms with Gasteiger partial charge in [0, 0.05) is 31.4 Å². The van der Waals surface area contributed by atoms with Gasteiger partial charge >= 0.3 is 0 Å². The van der Waals surface area contributed by atoms with Gasteiger partial charge in [0.2, 0.25) is 0 Å². The van der Waals surface area contributed by atoms with Gasteiger partial charge in [-0.25, -0.2) is 9.50 Å². The Morgan fingerprint density at radius 2 is 2.09 bits per heavy atom. The van der Waals surface area contributed by atoms with Gasteiger partial charge < -0.3 is 9.64 Å². The molecule has 0 radical (unpaired) electrons. The lowest BCUT2D eigenvalue weighted by Crippen LogP contribution is -2.21. The van der Waals surface area contributed by atoms with E-state index in [0.29, 0.717) is 5.92 Å². The van der Waals surface area contributed by atoms with Crippen molar-refractivity contribution in [1.29, 1.82) is 0 Å². The molecule has 3 heterocycles. The lowest BCUT2D eigenvalue weighted by molar-refractivity contribution is 0.406. The third kappa shape index (κ3) is 2.09. The Morgan fingerprint density at radius 1 is 1.18 bits per heavy atom. The number of para-hydroxylation sites is 1. The maximum absolute atomic E-state index is 5.51. The van der Waals surface area contributed by atoms with Gasteiger partial charge in [0.1, 0.15) is 11.3 Å². The standard InChI is InChI=1S/C17H18N4O/c1-22-16-5-3-2-4-14(16)13-7-10-20(12-13)17-15-6-8-19-21(15)11-9-18-17/h2-6,8-9,11,13H,7,10,12H2,1H3. The van der Waals surface area contributed by atoms with Gasteiger partial charge in [-0.1, -0.05) is 18.2 Å². The molecule has 0 amide bonds. The molecule has 0 aliphatic carbocycles. The van der Waals surface area contributed by atoms with E-state index in [9.17, 15) is 0 Å². The molecule has 1 fully saturated rings. The largest absolute Gasteiger partial charge is 0.496 e. The average molecular weight is 294 g/mol. The molecule has 112 valence electrons. The highest BCUT2D eigenvalue weighted by atomic mass is 16.5. The SMILES string of the molecule is COc1ccccc1C1CCN(c2nccn3nccc23)C1. The summed E-state index contributed by atoms with van der Waals surface area (Å²) in [5.74, 6) is 2.46. The van der Waals surface area contributed by atoms with Crippen molar-refractivity contribution in [3.8, 4) is 5.75 Å². The molecule has 2 aromatic heterocycles. The van der Waals surface area contributed by atoms with Crippen LogP contribution in [0.1, 0.15) is 17.9 Å². The number of nitrogens with zero attached hydrogens (tertiary/aromatic N) is 4. The lowest BCUT2D eigenvalue weighted by atomic mass is 9.97. The number of ether oxygens (including phenoxy) is 1. The topological polar surface area (TPSA) is 42.7 Å². The molecular weight excluding hydrogens is 276 g/mol. The number of fused-ring (bicyclic) bond motifs is 1. The zero-order valence-electron chi connectivity index (χ0n) is 12.5. The van der Waals surface area contributed by atoms with Crippen LogP contribution in [0.4, 0.5) is 5.82 Å². The molecule has 22 heavy (non-hydrogen) atoms. The highest BCUT2D eigenvalue weighted by Crippen LogP contribution is 2.35. The number of rotatable bonds is 3. The molecule has 1 atom stereocenters. The van der Waals surface area contributed by atoms with Crippen molar-refractivity contribution >= 4 is 11.3 Å². The Kier molecular flexibility index (Phi) is 3.18. The summed E-state index contributed by atoms with van der Waals surface area (Å²) in [6.45, 7) is 1.96. The molecule has 1 aromatic carbocycles. The molecule has 5 nitrogen and oxygen atoms in total. The number of anilines is 1. The number of benzene rings is 1. The average Bonchev–Trinajstić information content (AvgIpc) is 3.23. The first-order valence-corrected chi connectivity index (χ1v) is 7.53. The highest BCUT2D eigenvalue weighted by Gasteiger charge is 2.27. The normalized spacial score (nSPS) is 18.0. The van der Waals surface area contributed by atoms with Crippen LogP contribution in [0.5, 0.6) is 5.75 Å². The molecule has 1 unspecified atom stereocenters. The third-order valence-corrected chi connectivity index (χ3v) is 4.37. The van der Waals surface area contributed by atoms with Crippen molar-refractivity contribution in [3.05, 3.63) is 54.5 Å². The zero-order chi connectivity index (χ0) is 14.9. The summed E-state index contributed by atoms with van der Waals surface area (Å²) < 4.78 is 7.38. The fourth-order valence-corrected chi connectivity index (χ4v) is 3.30. The summed E-state index contributed by atoms with van der Waals surface area (Å²) in [4.78, 5) is 6.91. The van der Waals surface area contributed by atoms with Gasteiger partial charge in [-0.15, -0.1) is 0 Å². The molecule has 0 bridgehead atoms. The maximum atomic E-state index is 5.51. The second-order valence-electron chi connectivity index (χ2n) is 5.59. The van der Waals surface area contributed by atoms with E-state index in [0.717, 1.165) is 36.6 Å². The summed E-state index contributed by atoms with van der Waals surface area (Å²) in [6, 6.07) is 10.3. The minimum Gasteiger partial charge on any atom is -0.496 e. The Hall–Kier alpha value is -2.56. The number of hydrogen-bond acceptors (Lipinski definition) is 4. The fourth-order valence-electron chi connectivity index (χ4n) is 3.30. The van der Waals surface area contributed by atoms with Crippen LogP contribution in [0.25, 0.3) is 5.52 Å². The van der Waals surface area contributed by atoms with Gasteiger partial charge in [-0.05, 0) is 24.1 Å². The van der Waals surface area contributed by atoms with Crippen molar-refractivity contribution in [3.63, 3.8) is 0 Å². The van der Waals surface area contributed by atoms with Crippen LogP contribution < -0.4 is 9.64 Å².